The van der Waals surface area contributed by atoms with E-state index < -0.39 is 0 Å². The molecule has 30 heavy (non-hydrogen) atoms. The highest BCUT2D eigenvalue weighted by Gasteiger charge is 2.18. The van der Waals surface area contributed by atoms with Crippen LogP contribution in [0.25, 0.3) is 0 Å². The van der Waals surface area contributed by atoms with Crippen molar-refractivity contribution in [2.75, 3.05) is 13.7 Å². The normalized spacial score (nSPS) is 12.8. The molecule has 0 saturated carbocycles. The minimum Gasteiger partial charge on any atom is -0.497 e. The van der Waals surface area contributed by atoms with Crippen LogP contribution in [0.15, 0.2) is 76.8 Å². The van der Waals surface area contributed by atoms with Gasteiger partial charge in [0.2, 0.25) is 0 Å². The van der Waals surface area contributed by atoms with Crippen molar-refractivity contribution in [2.24, 2.45) is 10.1 Å². The van der Waals surface area contributed by atoms with Crippen LogP contribution in [-0.2, 0) is 0 Å². The number of benzene rings is 3. The SMILES string of the molecule is CCCOc1ccc(C2=NNC(c3ccc(C)cc3)=Nc3ccc(OC)cc32)cc1. The number of nitrogens with zero attached hydrogens (tertiary/aromatic N) is 2. The molecule has 5 heteroatoms. The van der Waals surface area contributed by atoms with Gasteiger partial charge in [-0.3, -0.25) is 5.43 Å². The number of ether oxygens (including phenoxy) is 2. The van der Waals surface area contributed by atoms with Gasteiger partial charge in [-0.05, 0) is 55.8 Å². The van der Waals surface area contributed by atoms with Crippen molar-refractivity contribution in [1.82, 2.24) is 5.43 Å². The summed E-state index contributed by atoms with van der Waals surface area (Å²) in [7, 11) is 1.66. The van der Waals surface area contributed by atoms with Crippen LogP contribution in [0.3, 0.4) is 0 Å². The molecule has 0 radical (unpaired) electrons. The second kappa shape index (κ2) is 8.82. The number of rotatable bonds is 6. The minimum atomic E-state index is 0.704. The molecule has 0 aliphatic carbocycles. The number of aliphatic imine (C=N–C) groups is 1. The van der Waals surface area contributed by atoms with Crippen molar-refractivity contribution in [2.45, 2.75) is 20.3 Å². The number of methoxy groups -OCH3 is 1. The highest BCUT2D eigenvalue weighted by atomic mass is 16.5. The van der Waals surface area contributed by atoms with Gasteiger partial charge in [0.05, 0.1) is 19.4 Å². The van der Waals surface area contributed by atoms with Crippen LogP contribution in [0.4, 0.5) is 5.69 Å². The number of fused-ring (bicyclic) bond motifs is 1. The standard InChI is InChI=1S/C25H25N3O2/c1-4-15-30-20-11-9-18(10-12-20)24-22-16-21(29-3)13-14-23(22)26-25(28-27-24)19-7-5-17(2)6-8-19/h5-14,16H,4,15H2,1-3H3,(H,26,28). The molecule has 1 N–H and O–H groups in total. The van der Waals surface area contributed by atoms with E-state index in [9.17, 15) is 0 Å². The maximum Gasteiger partial charge on any atom is 0.154 e. The van der Waals surface area contributed by atoms with Crippen molar-refractivity contribution in [3.05, 3.63) is 89.0 Å². The maximum atomic E-state index is 5.71. The molecule has 0 saturated heterocycles. The Bertz CT molecular complexity index is 1080. The summed E-state index contributed by atoms with van der Waals surface area (Å²) in [5.74, 6) is 2.32. The zero-order valence-electron chi connectivity index (χ0n) is 17.5. The fourth-order valence-corrected chi connectivity index (χ4v) is 3.23. The predicted octanol–water partition coefficient (Wildman–Crippen LogP) is 5.23. The van der Waals surface area contributed by atoms with E-state index in [1.807, 2.05) is 54.6 Å². The molecule has 0 bridgehead atoms. The van der Waals surface area contributed by atoms with E-state index in [1.165, 1.54) is 5.56 Å². The Labute approximate surface area is 177 Å². The third-order valence-corrected chi connectivity index (χ3v) is 4.89. The van der Waals surface area contributed by atoms with Gasteiger partial charge in [-0.25, -0.2) is 4.99 Å². The topological polar surface area (TPSA) is 55.2 Å². The second-order valence-corrected chi connectivity index (χ2v) is 7.15. The Morgan fingerprint density at radius 1 is 0.867 bits per heavy atom. The van der Waals surface area contributed by atoms with Crippen molar-refractivity contribution < 1.29 is 9.47 Å². The zero-order valence-corrected chi connectivity index (χ0v) is 17.5. The van der Waals surface area contributed by atoms with E-state index in [2.05, 4.69) is 31.4 Å². The first-order valence-corrected chi connectivity index (χ1v) is 10.1. The van der Waals surface area contributed by atoms with Crippen LogP contribution in [0.5, 0.6) is 11.5 Å². The first-order chi connectivity index (χ1) is 14.7. The Kier molecular flexibility index (Phi) is 5.80. The highest BCUT2D eigenvalue weighted by Crippen LogP contribution is 2.30. The van der Waals surface area contributed by atoms with Gasteiger partial charge in [-0.2, -0.15) is 5.10 Å². The lowest BCUT2D eigenvalue weighted by atomic mass is 10.0. The van der Waals surface area contributed by atoms with Gasteiger partial charge in [0.1, 0.15) is 17.2 Å². The fourth-order valence-electron chi connectivity index (χ4n) is 3.23. The van der Waals surface area contributed by atoms with Gasteiger partial charge < -0.3 is 9.47 Å². The number of nitrogens with one attached hydrogen (secondary N) is 1. The van der Waals surface area contributed by atoms with Crippen LogP contribution >= 0.6 is 0 Å². The van der Waals surface area contributed by atoms with Crippen LogP contribution in [0, 0.1) is 6.92 Å². The lowest BCUT2D eigenvalue weighted by Gasteiger charge is -2.11. The third-order valence-electron chi connectivity index (χ3n) is 4.89. The highest BCUT2D eigenvalue weighted by molar-refractivity contribution is 6.18. The van der Waals surface area contributed by atoms with E-state index in [0.717, 1.165) is 46.0 Å². The van der Waals surface area contributed by atoms with Gasteiger partial charge >= 0.3 is 0 Å². The lowest BCUT2D eigenvalue weighted by Crippen LogP contribution is -2.19. The average Bonchev–Trinajstić information content (AvgIpc) is 2.98. The molecule has 3 aromatic rings. The fraction of sp³-hybridized carbons (Fsp3) is 0.200. The minimum absolute atomic E-state index is 0.704. The molecular weight excluding hydrogens is 374 g/mol. The van der Waals surface area contributed by atoms with Crippen LogP contribution in [0.2, 0.25) is 0 Å². The Hall–Kier alpha value is -3.60. The van der Waals surface area contributed by atoms with Crippen molar-refractivity contribution in [3.63, 3.8) is 0 Å². The summed E-state index contributed by atoms with van der Waals surface area (Å²) >= 11 is 0. The maximum absolute atomic E-state index is 5.71. The second-order valence-electron chi connectivity index (χ2n) is 7.15. The molecule has 0 atom stereocenters. The third kappa shape index (κ3) is 4.20. The first kappa shape index (κ1) is 19.7. The summed E-state index contributed by atoms with van der Waals surface area (Å²) < 4.78 is 11.2. The molecule has 0 amide bonds. The van der Waals surface area contributed by atoms with Crippen LogP contribution < -0.4 is 14.9 Å². The summed E-state index contributed by atoms with van der Waals surface area (Å²) in [5.41, 5.74) is 8.87. The molecular formula is C25H25N3O2. The van der Waals surface area contributed by atoms with Crippen molar-refractivity contribution in [1.29, 1.82) is 0 Å². The summed E-state index contributed by atoms with van der Waals surface area (Å²) in [5, 5.41) is 4.72. The lowest BCUT2D eigenvalue weighted by molar-refractivity contribution is 0.317. The monoisotopic (exact) mass is 399 g/mol. The number of hydrazone groups is 1. The molecule has 1 aliphatic heterocycles. The predicted molar refractivity (Wildman–Crippen MR) is 121 cm³/mol. The van der Waals surface area contributed by atoms with Crippen molar-refractivity contribution in [3.8, 4) is 11.5 Å². The van der Waals surface area contributed by atoms with Crippen molar-refractivity contribution >= 4 is 17.2 Å². The summed E-state index contributed by atoms with van der Waals surface area (Å²) in [6, 6.07) is 22.1. The average molecular weight is 399 g/mol. The smallest absolute Gasteiger partial charge is 0.154 e. The molecule has 1 heterocycles. The van der Waals surface area contributed by atoms with Gasteiger partial charge in [0.15, 0.2) is 5.84 Å². The Morgan fingerprint density at radius 2 is 1.57 bits per heavy atom. The van der Waals surface area contributed by atoms with Gasteiger partial charge in [-0.15, -0.1) is 0 Å². The van der Waals surface area contributed by atoms with E-state index >= 15 is 0 Å². The largest absolute Gasteiger partial charge is 0.497 e. The van der Waals surface area contributed by atoms with Crippen LogP contribution in [0.1, 0.15) is 35.6 Å². The van der Waals surface area contributed by atoms with Gasteiger partial charge in [0, 0.05) is 16.7 Å². The summed E-state index contributed by atoms with van der Waals surface area (Å²) in [6.07, 6.45) is 0.977. The first-order valence-electron chi connectivity index (χ1n) is 10.1. The Balaban J connectivity index is 1.76. The molecule has 4 rings (SSSR count). The molecule has 0 unspecified atom stereocenters. The molecule has 5 nitrogen and oxygen atoms in total. The van der Waals surface area contributed by atoms with Crippen LogP contribution in [-0.4, -0.2) is 25.3 Å². The molecule has 3 aromatic carbocycles. The molecule has 0 spiro atoms. The Morgan fingerprint density at radius 3 is 2.27 bits per heavy atom. The number of amidine groups is 1. The molecule has 152 valence electrons. The number of hydrogen-bond acceptors (Lipinski definition) is 5. The van der Waals surface area contributed by atoms with Gasteiger partial charge in [0.25, 0.3) is 0 Å². The van der Waals surface area contributed by atoms with Gasteiger partial charge in [-0.1, -0.05) is 36.8 Å². The molecule has 1 aliphatic rings. The summed E-state index contributed by atoms with van der Waals surface area (Å²) in [6.45, 7) is 4.86. The van der Waals surface area contributed by atoms with E-state index in [-0.39, 0.29) is 0 Å². The molecule has 0 fully saturated rings. The molecule has 0 aromatic heterocycles. The van der Waals surface area contributed by atoms with E-state index in [4.69, 9.17) is 19.6 Å². The quantitative estimate of drug-likeness (QED) is 0.618. The number of aryl methyl sites for hydroxylation is 1. The zero-order chi connectivity index (χ0) is 20.9. The van der Waals surface area contributed by atoms with E-state index in [1.54, 1.807) is 7.11 Å². The number of hydrogen-bond donors (Lipinski definition) is 1. The van der Waals surface area contributed by atoms with E-state index in [0.29, 0.717) is 12.4 Å². The summed E-state index contributed by atoms with van der Waals surface area (Å²) in [4.78, 5) is 4.86.